The molecule has 3 aromatic rings. The van der Waals surface area contributed by atoms with Crippen molar-refractivity contribution in [3.05, 3.63) is 76.1 Å². The Kier molecular flexibility index (Phi) is 4.74. The first kappa shape index (κ1) is 18.4. The molecule has 2 heterocycles. The normalized spacial score (nSPS) is 14.5. The van der Waals surface area contributed by atoms with E-state index in [-0.39, 0.29) is 16.2 Å². The van der Waals surface area contributed by atoms with E-state index in [0.29, 0.717) is 30.8 Å². The smallest absolute Gasteiger partial charge is 0.264 e. The van der Waals surface area contributed by atoms with E-state index < -0.39 is 10.0 Å². The number of H-pyrrole nitrogens is 1. The van der Waals surface area contributed by atoms with Gasteiger partial charge in [-0.05, 0) is 41.8 Å². The average Bonchev–Trinajstić information content (AvgIpc) is 2.73. The number of hydrogen-bond donors (Lipinski definition) is 1. The van der Waals surface area contributed by atoms with Gasteiger partial charge in [0, 0.05) is 24.7 Å². The predicted molar refractivity (Wildman–Crippen MR) is 105 cm³/mol. The molecule has 2 aromatic carbocycles. The number of hydrogen-bond acceptors (Lipinski definition) is 5. The van der Waals surface area contributed by atoms with Gasteiger partial charge in [-0.2, -0.15) is 9.40 Å². The van der Waals surface area contributed by atoms with Crippen molar-refractivity contribution in [2.24, 2.45) is 0 Å². The van der Waals surface area contributed by atoms with E-state index in [4.69, 9.17) is 4.74 Å². The molecule has 7 nitrogen and oxygen atoms in total. The summed E-state index contributed by atoms with van der Waals surface area (Å²) in [6.45, 7) is 0.729. The van der Waals surface area contributed by atoms with E-state index in [1.54, 1.807) is 18.2 Å². The van der Waals surface area contributed by atoms with E-state index in [9.17, 15) is 13.2 Å². The Morgan fingerprint density at radius 1 is 1.07 bits per heavy atom. The van der Waals surface area contributed by atoms with Crippen LogP contribution in [-0.4, -0.2) is 36.6 Å². The maximum atomic E-state index is 13.4. The van der Waals surface area contributed by atoms with Crippen LogP contribution in [0.5, 0.6) is 5.75 Å². The van der Waals surface area contributed by atoms with E-state index in [1.807, 2.05) is 24.3 Å². The lowest BCUT2D eigenvalue weighted by Crippen LogP contribution is -2.36. The van der Waals surface area contributed by atoms with Gasteiger partial charge in [-0.25, -0.2) is 13.5 Å². The number of benzene rings is 2. The van der Waals surface area contributed by atoms with Gasteiger partial charge in [0.1, 0.15) is 10.6 Å². The molecule has 144 valence electrons. The summed E-state index contributed by atoms with van der Waals surface area (Å²) in [6.07, 6.45) is 0.666. The first-order valence-corrected chi connectivity index (χ1v) is 10.2. The van der Waals surface area contributed by atoms with Crippen molar-refractivity contribution in [3.8, 4) is 17.0 Å². The van der Waals surface area contributed by atoms with Crippen LogP contribution in [0, 0.1) is 0 Å². The van der Waals surface area contributed by atoms with Gasteiger partial charge in [0.2, 0.25) is 10.0 Å². The summed E-state index contributed by atoms with van der Waals surface area (Å²) < 4.78 is 33.6. The topological polar surface area (TPSA) is 92.4 Å². The van der Waals surface area contributed by atoms with E-state index in [1.165, 1.54) is 29.1 Å². The van der Waals surface area contributed by atoms with Gasteiger partial charge in [-0.3, -0.25) is 4.79 Å². The number of nitrogens with zero attached hydrogens (tertiary/aromatic N) is 2. The second-order valence-corrected chi connectivity index (χ2v) is 8.44. The molecule has 4 rings (SSSR count). The Hall–Kier alpha value is -2.97. The van der Waals surface area contributed by atoms with Crippen molar-refractivity contribution in [1.29, 1.82) is 0 Å². The van der Waals surface area contributed by atoms with E-state index in [2.05, 4.69) is 10.2 Å². The predicted octanol–water partition coefficient (Wildman–Crippen LogP) is 2.19. The largest absolute Gasteiger partial charge is 0.495 e. The maximum Gasteiger partial charge on any atom is 0.264 e. The molecule has 0 saturated carbocycles. The van der Waals surface area contributed by atoms with Crippen molar-refractivity contribution in [2.75, 3.05) is 13.7 Å². The van der Waals surface area contributed by atoms with Crippen LogP contribution in [0.4, 0.5) is 0 Å². The number of methoxy groups -OCH3 is 1. The Morgan fingerprint density at radius 2 is 1.86 bits per heavy atom. The maximum absolute atomic E-state index is 13.4. The van der Waals surface area contributed by atoms with Crippen molar-refractivity contribution in [1.82, 2.24) is 14.5 Å². The minimum Gasteiger partial charge on any atom is -0.495 e. The molecule has 1 aliphatic rings. The summed E-state index contributed by atoms with van der Waals surface area (Å²) in [5.41, 5.74) is 2.91. The lowest BCUT2D eigenvalue weighted by Gasteiger charge is -2.28. The number of aromatic amines is 1. The van der Waals surface area contributed by atoms with Crippen molar-refractivity contribution in [2.45, 2.75) is 17.9 Å². The van der Waals surface area contributed by atoms with E-state index in [0.717, 1.165) is 5.56 Å². The standard InChI is InChI=1S/C20H19N3O4S/c1-27-18-8-6-15(17-7-9-20(24)22-21-17)12-19(18)28(25,26)23-11-10-14-4-2-3-5-16(14)13-23/h2-9,12H,10-11,13H2,1H3,(H,22,24). The summed E-state index contributed by atoms with van der Waals surface area (Å²) in [5, 5.41) is 6.35. The molecular formula is C20H19N3O4S. The Bertz CT molecular complexity index is 1170. The Morgan fingerprint density at radius 3 is 2.57 bits per heavy atom. The fourth-order valence-corrected chi connectivity index (χ4v) is 4.96. The van der Waals surface area contributed by atoms with Gasteiger partial charge in [-0.1, -0.05) is 24.3 Å². The van der Waals surface area contributed by atoms with Crippen molar-refractivity contribution in [3.63, 3.8) is 0 Å². The number of rotatable bonds is 4. The highest BCUT2D eigenvalue weighted by Gasteiger charge is 2.31. The highest BCUT2D eigenvalue weighted by atomic mass is 32.2. The molecule has 28 heavy (non-hydrogen) atoms. The second-order valence-electron chi connectivity index (χ2n) is 6.53. The molecule has 0 radical (unpaired) electrons. The van der Waals surface area contributed by atoms with Crippen LogP contribution in [0.15, 0.2) is 64.3 Å². The molecule has 0 bridgehead atoms. The quantitative estimate of drug-likeness (QED) is 0.729. The lowest BCUT2D eigenvalue weighted by molar-refractivity contribution is 0.378. The van der Waals surface area contributed by atoms with Crippen molar-refractivity contribution >= 4 is 10.0 Å². The van der Waals surface area contributed by atoms with Crippen LogP contribution < -0.4 is 10.3 Å². The molecule has 1 aromatic heterocycles. The fourth-order valence-electron chi connectivity index (χ4n) is 3.36. The average molecular weight is 397 g/mol. The highest BCUT2D eigenvalue weighted by molar-refractivity contribution is 7.89. The third kappa shape index (κ3) is 3.32. The van der Waals surface area contributed by atoms with Crippen molar-refractivity contribution < 1.29 is 13.2 Å². The zero-order chi connectivity index (χ0) is 19.7. The number of ether oxygens (including phenoxy) is 1. The molecule has 0 atom stereocenters. The van der Waals surface area contributed by atoms with Gasteiger partial charge in [-0.15, -0.1) is 0 Å². The zero-order valence-corrected chi connectivity index (χ0v) is 16.1. The molecule has 0 amide bonds. The number of sulfonamides is 1. The summed E-state index contributed by atoms with van der Waals surface area (Å²) in [7, 11) is -2.34. The second kappa shape index (κ2) is 7.21. The number of fused-ring (bicyclic) bond motifs is 1. The molecule has 0 spiro atoms. The van der Waals surface area contributed by atoms with Gasteiger partial charge < -0.3 is 4.74 Å². The van der Waals surface area contributed by atoms with Gasteiger partial charge >= 0.3 is 0 Å². The Balaban J connectivity index is 1.75. The lowest BCUT2D eigenvalue weighted by atomic mass is 10.0. The molecule has 0 fully saturated rings. The fraction of sp³-hybridized carbons (Fsp3) is 0.200. The summed E-state index contributed by atoms with van der Waals surface area (Å²) in [4.78, 5) is 11.3. The van der Waals surface area contributed by atoms with Gasteiger partial charge in [0.15, 0.2) is 0 Å². The zero-order valence-electron chi connectivity index (χ0n) is 15.3. The number of aromatic nitrogens is 2. The monoisotopic (exact) mass is 397 g/mol. The first-order chi connectivity index (χ1) is 13.5. The summed E-state index contributed by atoms with van der Waals surface area (Å²) >= 11 is 0. The Labute approximate surface area is 162 Å². The molecule has 8 heteroatoms. The SMILES string of the molecule is COc1ccc(-c2ccc(=O)[nH]n2)cc1S(=O)(=O)N1CCc2ccccc2C1. The molecule has 1 N–H and O–H groups in total. The number of nitrogens with one attached hydrogen (secondary N) is 1. The van der Waals surface area contributed by atoms with Crippen LogP contribution in [0.3, 0.4) is 0 Å². The molecule has 1 aliphatic heterocycles. The van der Waals surface area contributed by atoms with Gasteiger partial charge in [0.05, 0.1) is 12.8 Å². The third-order valence-corrected chi connectivity index (χ3v) is 6.72. The highest BCUT2D eigenvalue weighted by Crippen LogP contribution is 2.33. The molecular weight excluding hydrogens is 378 g/mol. The third-order valence-electron chi connectivity index (χ3n) is 4.85. The van der Waals surface area contributed by atoms with Crippen LogP contribution in [-0.2, 0) is 23.0 Å². The van der Waals surface area contributed by atoms with E-state index >= 15 is 0 Å². The molecule has 0 saturated heterocycles. The molecule has 0 aliphatic carbocycles. The first-order valence-electron chi connectivity index (χ1n) is 8.80. The van der Waals surface area contributed by atoms with Crippen LogP contribution in [0.1, 0.15) is 11.1 Å². The molecule has 0 unspecified atom stereocenters. The van der Waals surface area contributed by atoms with Crippen LogP contribution in [0.25, 0.3) is 11.3 Å². The minimum atomic E-state index is -3.78. The summed E-state index contributed by atoms with van der Waals surface area (Å²) in [5.74, 6) is 0.270. The van der Waals surface area contributed by atoms with Crippen LogP contribution in [0.2, 0.25) is 0 Å². The van der Waals surface area contributed by atoms with Gasteiger partial charge in [0.25, 0.3) is 5.56 Å². The minimum absolute atomic E-state index is 0.0832. The summed E-state index contributed by atoms with van der Waals surface area (Å²) in [6, 6.07) is 15.6. The van der Waals surface area contributed by atoms with Crippen LogP contribution >= 0.6 is 0 Å².